The molecule has 0 spiro atoms. The number of ketones is 1. The van der Waals surface area contributed by atoms with E-state index in [9.17, 15) is 9.59 Å². The van der Waals surface area contributed by atoms with Crippen molar-refractivity contribution in [1.82, 2.24) is 4.57 Å². The van der Waals surface area contributed by atoms with E-state index in [1.807, 2.05) is 19.9 Å². The van der Waals surface area contributed by atoms with E-state index in [0.717, 1.165) is 11.4 Å². The van der Waals surface area contributed by atoms with Gasteiger partial charge in [0, 0.05) is 34.6 Å². The largest absolute Gasteiger partial charge is 0.493 e. The third kappa shape index (κ3) is 4.63. The number of benzene rings is 1. The summed E-state index contributed by atoms with van der Waals surface area (Å²) in [4.78, 5) is 24.5. The minimum Gasteiger partial charge on any atom is -0.493 e. The number of carbonyl (C=O) groups is 2. The van der Waals surface area contributed by atoms with Gasteiger partial charge in [0.1, 0.15) is 0 Å². The molecule has 0 aliphatic carbocycles. The van der Waals surface area contributed by atoms with Crippen LogP contribution in [0.5, 0.6) is 11.5 Å². The molecule has 150 valence electrons. The summed E-state index contributed by atoms with van der Waals surface area (Å²) < 4.78 is 17.8. The highest BCUT2D eigenvalue weighted by Gasteiger charge is 2.18. The van der Waals surface area contributed by atoms with Crippen LogP contribution in [-0.4, -0.2) is 37.1 Å². The lowest BCUT2D eigenvalue weighted by Gasteiger charge is -2.13. The number of esters is 1. The molecule has 1 aromatic heterocycles. The van der Waals surface area contributed by atoms with Crippen LogP contribution in [0.25, 0.3) is 6.08 Å². The third-order valence-corrected chi connectivity index (χ3v) is 4.48. The summed E-state index contributed by atoms with van der Waals surface area (Å²) in [6.45, 7) is 7.68. The maximum Gasteiger partial charge on any atom is 0.331 e. The average molecular weight is 385 g/mol. The topological polar surface area (TPSA) is 66.8 Å². The summed E-state index contributed by atoms with van der Waals surface area (Å²) in [5.74, 6) is 0.261. The number of Topliss-reactive ketones (excluding diaryl/α,β-unsaturated/α-hetero) is 1. The van der Waals surface area contributed by atoms with Crippen LogP contribution in [0.1, 0.15) is 47.2 Å². The molecule has 0 aliphatic heterocycles. The molecule has 2 aromatic rings. The number of para-hydroxylation sites is 1. The van der Waals surface area contributed by atoms with Crippen LogP contribution >= 0.6 is 0 Å². The van der Waals surface area contributed by atoms with E-state index in [1.165, 1.54) is 13.2 Å². The Hall–Kier alpha value is -3.02. The molecule has 0 aliphatic rings. The van der Waals surface area contributed by atoms with Crippen molar-refractivity contribution in [2.24, 2.45) is 0 Å². The monoisotopic (exact) mass is 385 g/mol. The molecule has 0 saturated heterocycles. The van der Waals surface area contributed by atoms with Crippen molar-refractivity contribution in [2.45, 2.75) is 33.7 Å². The molecule has 0 amide bonds. The summed E-state index contributed by atoms with van der Waals surface area (Å²) in [5.41, 5.74) is 3.14. The minimum absolute atomic E-state index is 0.222. The first kappa shape index (κ1) is 21.3. The van der Waals surface area contributed by atoms with Crippen molar-refractivity contribution >= 4 is 17.8 Å². The van der Waals surface area contributed by atoms with Crippen molar-refractivity contribution < 1.29 is 23.8 Å². The van der Waals surface area contributed by atoms with Gasteiger partial charge in [0.15, 0.2) is 18.1 Å². The fraction of sp³-hybridized carbons (Fsp3) is 0.364. The first-order valence-electron chi connectivity index (χ1n) is 9.07. The van der Waals surface area contributed by atoms with E-state index in [2.05, 4.69) is 18.4 Å². The molecular weight excluding hydrogens is 358 g/mol. The van der Waals surface area contributed by atoms with Gasteiger partial charge in [-0.25, -0.2) is 4.79 Å². The van der Waals surface area contributed by atoms with Gasteiger partial charge in [0.05, 0.1) is 14.2 Å². The summed E-state index contributed by atoms with van der Waals surface area (Å²) in [6.07, 6.45) is 2.83. The fourth-order valence-corrected chi connectivity index (χ4v) is 3.32. The number of ether oxygens (including phenoxy) is 3. The molecule has 0 bridgehead atoms. The van der Waals surface area contributed by atoms with Crippen molar-refractivity contribution in [2.75, 3.05) is 20.8 Å². The minimum atomic E-state index is -0.601. The number of nitrogens with zero attached hydrogens (tertiary/aromatic N) is 1. The Morgan fingerprint density at radius 2 is 1.86 bits per heavy atom. The van der Waals surface area contributed by atoms with E-state index in [4.69, 9.17) is 14.2 Å². The Labute approximate surface area is 165 Å². The lowest BCUT2D eigenvalue weighted by atomic mass is 10.1. The Morgan fingerprint density at radius 1 is 1.14 bits per heavy atom. The molecule has 1 aromatic carbocycles. The second-order valence-electron chi connectivity index (χ2n) is 6.70. The summed E-state index contributed by atoms with van der Waals surface area (Å²) in [5, 5.41) is 0. The van der Waals surface area contributed by atoms with Crippen LogP contribution in [0.2, 0.25) is 0 Å². The van der Waals surface area contributed by atoms with Gasteiger partial charge >= 0.3 is 5.97 Å². The third-order valence-electron chi connectivity index (χ3n) is 4.48. The normalized spacial score (nSPS) is 11.1. The number of hydrogen-bond donors (Lipinski definition) is 0. The van der Waals surface area contributed by atoms with Gasteiger partial charge < -0.3 is 18.8 Å². The first-order valence-corrected chi connectivity index (χ1v) is 9.07. The smallest absolute Gasteiger partial charge is 0.331 e. The average Bonchev–Trinajstić information content (AvgIpc) is 2.98. The Kier molecular flexibility index (Phi) is 7.04. The van der Waals surface area contributed by atoms with Gasteiger partial charge in [-0.2, -0.15) is 0 Å². The van der Waals surface area contributed by atoms with Crippen LogP contribution in [-0.2, 0) is 9.53 Å². The Bertz CT molecular complexity index is 893. The zero-order valence-electron chi connectivity index (χ0n) is 17.2. The summed E-state index contributed by atoms with van der Waals surface area (Å²) >= 11 is 0. The summed E-state index contributed by atoms with van der Waals surface area (Å²) in [7, 11) is 3.07. The molecule has 0 radical (unpaired) electrons. The Morgan fingerprint density at radius 3 is 2.43 bits per heavy atom. The van der Waals surface area contributed by atoms with Crippen LogP contribution in [0.15, 0.2) is 30.3 Å². The van der Waals surface area contributed by atoms with E-state index < -0.39 is 5.97 Å². The van der Waals surface area contributed by atoms with Crippen LogP contribution < -0.4 is 9.47 Å². The highest BCUT2D eigenvalue weighted by atomic mass is 16.5. The van der Waals surface area contributed by atoms with E-state index >= 15 is 0 Å². The van der Waals surface area contributed by atoms with Gasteiger partial charge in [-0.05, 0) is 45.9 Å². The lowest BCUT2D eigenvalue weighted by Crippen LogP contribution is -2.14. The zero-order chi connectivity index (χ0) is 20.8. The highest BCUT2D eigenvalue weighted by Crippen LogP contribution is 2.31. The highest BCUT2D eigenvalue weighted by molar-refractivity contribution is 6.00. The molecule has 0 atom stereocenters. The Balaban J connectivity index is 2.04. The van der Waals surface area contributed by atoms with E-state index in [0.29, 0.717) is 22.6 Å². The van der Waals surface area contributed by atoms with Crippen LogP contribution in [0.4, 0.5) is 0 Å². The van der Waals surface area contributed by atoms with Crippen LogP contribution in [0.3, 0.4) is 0 Å². The molecular formula is C22H27NO5. The number of aromatic nitrogens is 1. The van der Waals surface area contributed by atoms with Gasteiger partial charge in [0.2, 0.25) is 5.78 Å². The molecule has 0 saturated carbocycles. The predicted molar refractivity (Wildman–Crippen MR) is 108 cm³/mol. The van der Waals surface area contributed by atoms with Crippen molar-refractivity contribution in [3.8, 4) is 11.5 Å². The van der Waals surface area contributed by atoms with Crippen molar-refractivity contribution in [1.29, 1.82) is 0 Å². The maximum absolute atomic E-state index is 12.5. The molecule has 6 heteroatoms. The number of rotatable bonds is 8. The molecule has 0 unspecified atom stereocenters. The van der Waals surface area contributed by atoms with Crippen LogP contribution in [0, 0.1) is 13.8 Å². The maximum atomic E-state index is 12.5. The van der Waals surface area contributed by atoms with Gasteiger partial charge in [-0.15, -0.1) is 0 Å². The molecule has 0 fully saturated rings. The van der Waals surface area contributed by atoms with Gasteiger partial charge in [-0.1, -0.05) is 12.1 Å². The number of methoxy groups -OCH3 is 2. The predicted octanol–water partition coefficient (Wildman–Crippen LogP) is 4.14. The van der Waals surface area contributed by atoms with Crippen molar-refractivity contribution in [3.63, 3.8) is 0 Å². The van der Waals surface area contributed by atoms with Crippen molar-refractivity contribution in [3.05, 3.63) is 52.9 Å². The quantitative estimate of drug-likeness (QED) is 0.388. The molecule has 1 heterocycles. The SMILES string of the molecule is COc1cccc(/C=C/C(=O)OCC(=O)c2cc(C)n(C(C)C)c2C)c1OC. The molecule has 0 N–H and O–H groups in total. The van der Waals surface area contributed by atoms with Gasteiger partial charge in [0.25, 0.3) is 0 Å². The zero-order valence-corrected chi connectivity index (χ0v) is 17.2. The number of carbonyl (C=O) groups excluding carboxylic acids is 2. The summed E-state index contributed by atoms with van der Waals surface area (Å²) in [6, 6.07) is 7.44. The van der Waals surface area contributed by atoms with E-state index in [1.54, 1.807) is 31.4 Å². The second kappa shape index (κ2) is 9.26. The first-order chi connectivity index (χ1) is 13.3. The number of aryl methyl sites for hydroxylation is 1. The number of hydrogen-bond acceptors (Lipinski definition) is 5. The van der Waals surface area contributed by atoms with Gasteiger partial charge in [-0.3, -0.25) is 4.79 Å². The molecule has 6 nitrogen and oxygen atoms in total. The molecule has 28 heavy (non-hydrogen) atoms. The van der Waals surface area contributed by atoms with E-state index in [-0.39, 0.29) is 18.4 Å². The standard InChI is InChI=1S/C22H27NO5/c1-14(2)23-15(3)12-18(16(23)4)19(24)13-28-21(25)11-10-17-8-7-9-20(26-5)22(17)27-6/h7-12,14H,13H2,1-6H3/b11-10+. The second-order valence-corrected chi connectivity index (χ2v) is 6.70. The lowest BCUT2D eigenvalue weighted by molar-refractivity contribution is -0.136. The fourth-order valence-electron chi connectivity index (χ4n) is 3.32. The molecule has 2 rings (SSSR count).